The molecule has 1 aromatic heterocycles. The molecule has 0 bridgehead atoms. The molecule has 0 amide bonds. The van der Waals surface area contributed by atoms with Crippen LogP contribution < -0.4 is 11.1 Å². The van der Waals surface area contributed by atoms with Gasteiger partial charge in [-0.25, -0.2) is 4.79 Å². The van der Waals surface area contributed by atoms with Gasteiger partial charge in [-0.2, -0.15) is 0 Å². The van der Waals surface area contributed by atoms with Gasteiger partial charge < -0.3 is 20.5 Å². The Morgan fingerprint density at radius 1 is 1.55 bits per heavy atom. The molecule has 6 heteroatoms. The van der Waals surface area contributed by atoms with Crippen LogP contribution in [0.1, 0.15) is 35.9 Å². The molecule has 20 heavy (non-hydrogen) atoms. The van der Waals surface area contributed by atoms with E-state index in [4.69, 9.17) is 15.2 Å². The molecule has 0 unspecified atom stereocenters. The smallest absolute Gasteiger partial charge is 0.350 e. The molecular formula is C14H22N2O3S. The van der Waals surface area contributed by atoms with Gasteiger partial charge in [0.1, 0.15) is 4.88 Å². The third kappa shape index (κ3) is 4.68. The fraction of sp³-hybridized carbons (Fsp3) is 0.643. The second-order valence-corrected chi connectivity index (χ2v) is 5.97. The van der Waals surface area contributed by atoms with Crippen LogP contribution in [0.4, 0.5) is 10.7 Å². The number of thiophene rings is 1. The minimum Gasteiger partial charge on any atom is -0.462 e. The number of hydrogen-bond acceptors (Lipinski definition) is 6. The van der Waals surface area contributed by atoms with Crippen molar-refractivity contribution in [2.24, 2.45) is 5.92 Å². The molecule has 5 nitrogen and oxygen atoms in total. The molecule has 2 rings (SSSR count). The van der Waals surface area contributed by atoms with Crippen molar-refractivity contribution < 1.29 is 14.3 Å². The van der Waals surface area contributed by atoms with Crippen molar-refractivity contribution in [2.75, 3.05) is 37.4 Å². The number of rotatable bonds is 9. The number of nitrogen functional groups attached to an aromatic ring is 1. The van der Waals surface area contributed by atoms with Crippen molar-refractivity contribution in [3.8, 4) is 0 Å². The van der Waals surface area contributed by atoms with E-state index in [1.807, 2.05) is 0 Å². The summed E-state index contributed by atoms with van der Waals surface area (Å²) in [5, 5.41) is 4.15. The van der Waals surface area contributed by atoms with Gasteiger partial charge in [-0.3, -0.25) is 0 Å². The van der Waals surface area contributed by atoms with Crippen LogP contribution >= 0.6 is 11.3 Å². The van der Waals surface area contributed by atoms with E-state index in [0.717, 1.165) is 37.1 Å². The highest BCUT2D eigenvalue weighted by molar-refractivity contribution is 7.18. The molecule has 0 spiro atoms. The van der Waals surface area contributed by atoms with Crippen LogP contribution in [0.15, 0.2) is 6.07 Å². The topological polar surface area (TPSA) is 73.6 Å². The Kier molecular flexibility index (Phi) is 5.67. The number of nitrogens with two attached hydrogens (primary N) is 1. The second-order valence-electron chi connectivity index (χ2n) is 4.91. The Morgan fingerprint density at radius 2 is 2.35 bits per heavy atom. The summed E-state index contributed by atoms with van der Waals surface area (Å²) in [6.07, 6.45) is 3.59. The van der Waals surface area contributed by atoms with Crippen molar-refractivity contribution >= 4 is 28.0 Å². The normalized spacial score (nSPS) is 14.2. The van der Waals surface area contributed by atoms with E-state index in [9.17, 15) is 4.79 Å². The number of hydrogen-bond donors (Lipinski definition) is 2. The summed E-state index contributed by atoms with van der Waals surface area (Å²) in [7, 11) is 0. The maximum atomic E-state index is 11.6. The summed E-state index contributed by atoms with van der Waals surface area (Å²) in [5.74, 6) is 0.461. The second kappa shape index (κ2) is 7.50. The highest BCUT2D eigenvalue weighted by Gasteiger charge is 2.20. The number of anilines is 2. The molecule has 0 aliphatic heterocycles. The molecule has 1 saturated carbocycles. The van der Waals surface area contributed by atoms with Crippen molar-refractivity contribution in [1.29, 1.82) is 0 Å². The van der Waals surface area contributed by atoms with Crippen molar-refractivity contribution in [2.45, 2.75) is 26.2 Å². The fourth-order valence-electron chi connectivity index (χ4n) is 1.77. The van der Waals surface area contributed by atoms with Crippen molar-refractivity contribution in [1.82, 2.24) is 0 Å². The van der Waals surface area contributed by atoms with Crippen molar-refractivity contribution in [3.63, 3.8) is 0 Å². The van der Waals surface area contributed by atoms with Crippen LogP contribution in [-0.4, -0.2) is 32.3 Å². The monoisotopic (exact) mass is 298 g/mol. The van der Waals surface area contributed by atoms with Gasteiger partial charge in [0.25, 0.3) is 0 Å². The molecule has 3 N–H and O–H groups in total. The van der Waals surface area contributed by atoms with Gasteiger partial charge in [-0.15, -0.1) is 11.3 Å². The van der Waals surface area contributed by atoms with E-state index in [0.29, 0.717) is 17.2 Å². The van der Waals surface area contributed by atoms with E-state index < -0.39 is 0 Å². The Labute approximate surface area is 123 Å². The van der Waals surface area contributed by atoms with E-state index in [1.165, 1.54) is 24.2 Å². The first-order valence-electron chi connectivity index (χ1n) is 7.08. The number of carbonyl (C=O) groups excluding carboxylic acids is 1. The summed E-state index contributed by atoms with van der Waals surface area (Å²) in [6, 6.07) is 1.78. The first kappa shape index (κ1) is 15.1. The number of esters is 1. The van der Waals surface area contributed by atoms with Crippen LogP contribution in [-0.2, 0) is 9.47 Å². The quantitative estimate of drug-likeness (QED) is 0.541. The largest absolute Gasteiger partial charge is 0.462 e. The predicted molar refractivity (Wildman–Crippen MR) is 81.3 cm³/mol. The molecule has 0 aromatic carbocycles. The zero-order valence-electron chi connectivity index (χ0n) is 11.8. The van der Waals surface area contributed by atoms with Gasteiger partial charge in [-0.1, -0.05) is 0 Å². The minimum atomic E-state index is -0.351. The molecule has 0 radical (unpaired) electrons. The number of carbonyl (C=O) groups is 1. The molecule has 1 aromatic rings. The molecule has 0 saturated heterocycles. The maximum absolute atomic E-state index is 11.6. The lowest BCUT2D eigenvalue weighted by molar-refractivity contribution is 0.0533. The van der Waals surface area contributed by atoms with Gasteiger partial charge in [0.2, 0.25) is 0 Å². The van der Waals surface area contributed by atoms with Crippen LogP contribution in [0.25, 0.3) is 0 Å². The van der Waals surface area contributed by atoms with Crippen molar-refractivity contribution in [3.05, 3.63) is 10.9 Å². The van der Waals surface area contributed by atoms with E-state index in [2.05, 4.69) is 5.32 Å². The van der Waals surface area contributed by atoms with Gasteiger partial charge in [-0.05, 0) is 38.2 Å². The first-order valence-corrected chi connectivity index (χ1v) is 7.90. The standard InChI is InChI=1S/C14H22N2O3S/c1-2-19-14(17)13-11(15)8-12(20-13)16-6-3-7-18-9-10-4-5-10/h8,10,16H,2-7,9,15H2,1H3. The predicted octanol–water partition coefficient (Wildman–Crippen LogP) is 2.74. The van der Waals surface area contributed by atoms with Gasteiger partial charge >= 0.3 is 5.97 Å². The third-order valence-corrected chi connectivity index (χ3v) is 4.13. The average Bonchev–Trinajstić information content (AvgIpc) is 3.16. The average molecular weight is 298 g/mol. The number of nitrogens with one attached hydrogen (secondary N) is 1. The molecule has 1 aliphatic rings. The summed E-state index contributed by atoms with van der Waals surface area (Å²) >= 11 is 1.33. The van der Waals surface area contributed by atoms with Gasteiger partial charge in [0, 0.05) is 19.8 Å². The maximum Gasteiger partial charge on any atom is 0.350 e. The van der Waals surface area contributed by atoms with Crippen LogP contribution in [0.3, 0.4) is 0 Å². The Morgan fingerprint density at radius 3 is 3.05 bits per heavy atom. The summed E-state index contributed by atoms with van der Waals surface area (Å²) < 4.78 is 10.5. The van der Waals surface area contributed by atoms with Crippen LogP contribution in [0.2, 0.25) is 0 Å². The lowest BCUT2D eigenvalue weighted by Crippen LogP contribution is -2.06. The molecular weight excluding hydrogens is 276 g/mol. The SMILES string of the molecule is CCOC(=O)c1sc(NCCCOCC2CC2)cc1N. The van der Waals surface area contributed by atoms with Gasteiger partial charge in [0.05, 0.1) is 17.3 Å². The van der Waals surface area contributed by atoms with E-state index in [-0.39, 0.29) is 5.97 Å². The zero-order chi connectivity index (χ0) is 14.4. The lowest BCUT2D eigenvalue weighted by atomic mass is 10.4. The molecule has 112 valence electrons. The Hall–Kier alpha value is -1.27. The van der Waals surface area contributed by atoms with Crippen LogP contribution in [0.5, 0.6) is 0 Å². The highest BCUT2D eigenvalue weighted by atomic mass is 32.1. The summed E-state index contributed by atoms with van der Waals surface area (Å²) in [6.45, 7) is 4.63. The minimum absolute atomic E-state index is 0.351. The third-order valence-electron chi connectivity index (χ3n) is 3.04. The summed E-state index contributed by atoms with van der Waals surface area (Å²) in [4.78, 5) is 12.1. The van der Waals surface area contributed by atoms with Crippen LogP contribution in [0, 0.1) is 5.92 Å². The lowest BCUT2D eigenvalue weighted by Gasteiger charge is -2.04. The Balaban J connectivity index is 1.67. The van der Waals surface area contributed by atoms with Gasteiger partial charge in [0.15, 0.2) is 0 Å². The highest BCUT2D eigenvalue weighted by Crippen LogP contribution is 2.30. The zero-order valence-corrected chi connectivity index (χ0v) is 12.6. The fourth-order valence-corrected chi connectivity index (χ4v) is 2.67. The summed E-state index contributed by atoms with van der Waals surface area (Å²) in [5.41, 5.74) is 6.28. The number of ether oxygens (including phenoxy) is 2. The molecule has 1 aliphatic carbocycles. The van der Waals surface area contributed by atoms with E-state index in [1.54, 1.807) is 13.0 Å². The Bertz CT molecular complexity index is 444. The molecule has 0 atom stereocenters. The first-order chi connectivity index (χ1) is 9.70. The van der Waals surface area contributed by atoms with E-state index >= 15 is 0 Å². The molecule has 1 fully saturated rings. The molecule has 1 heterocycles.